The van der Waals surface area contributed by atoms with Gasteiger partial charge in [-0.15, -0.1) is 11.3 Å². The molecule has 0 radical (unpaired) electrons. The Morgan fingerprint density at radius 3 is 2.52 bits per heavy atom. The fraction of sp³-hybridized carbons (Fsp3) is 0.190. The highest BCUT2D eigenvalue weighted by molar-refractivity contribution is 7.99. The summed E-state index contributed by atoms with van der Waals surface area (Å²) in [6.45, 7) is 1.79. The fourth-order valence-electron chi connectivity index (χ4n) is 2.93. The van der Waals surface area contributed by atoms with Crippen molar-refractivity contribution in [1.29, 1.82) is 5.26 Å². The highest BCUT2D eigenvalue weighted by Gasteiger charge is 2.23. The van der Waals surface area contributed by atoms with Crippen LogP contribution in [0.25, 0.3) is 0 Å². The number of hydrogen-bond acceptors (Lipinski definition) is 8. The van der Waals surface area contributed by atoms with Crippen LogP contribution in [-0.4, -0.2) is 31.3 Å². The van der Waals surface area contributed by atoms with E-state index >= 15 is 0 Å². The van der Waals surface area contributed by atoms with Crippen molar-refractivity contribution in [2.24, 2.45) is 0 Å². The van der Waals surface area contributed by atoms with Crippen LogP contribution in [0.1, 0.15) is 26.5 Å². The number of aromatic nitrogens is 1. The molecule has 0 saturated heterocycles. The molecule has 7 nitrogen and oxygen atoms in total. The Bertz CT molecular complexity index is 1300. The van der Waals surface area contributed by atoms with Gasteiger partial charge in [-0.1, -0.05) is 30.0 Å². The Morgan fingerprint density at radius 1 is 1.24 bits per heavy atom. The molecule has 1 amide bonds. The zero-order valence-electron chi connectivity index (χ0n) is 17.5. The molecule has 12 heteroatoms. The Labute approximate surface area is 198 Å². The third kappa shape index (κ3) is 6.50. The number of halogens is 2. The van der Waals surface area contributed by atoms with Crippen molar-refractivity contribution >= 4 is 49.8 Å². The second-order valence-corrected chi connectivity index (χ2v) is 10.8. The van der Waals surface area contributed by atoms with Crippen LogP contribution in [0.5, 0.6) is 0 Å². The number of nitrogens with one attached hydrogen (secondary N) is 1. The average Bonchev–Trinajstić information content (AvgIpc) is 3.13. The number of carbonyl (C=O) groups excluding carboxylic acids is 1. The molecule has 0 aliphatic heterocycles. The van der Waals surface area contributed by atoms with Gasteiger partial charge in [-0.05, 0) is 42.8 Å². The van der Waals surface area contributed by atoms with Crippen molar-refractivity contribution in [1.82, 2.24) is 9.71 Å². The number of nitrogens with zero attached hydrogens (tertiary/aromatic N) is 3. The van der Waals surface area contributed by atoms with E-state index in [1.807, 2.05) is 10.8 Å². The van der Waals surface area contributed by atoms with E-state index in [0.29, 0.717) is 43.5 Å². The van der Waals surface area contributed by atoms with Gasteiger partial charge in [0.15, 0.2) is 5.13 Å². The Kier molecular flexibility index (Phi) is 7.68. The second-order valence-electron chi connectivity index (χ2n) is 6.84. The van der Waals surface area contributed by atoms with Gasteiger partial charge in [0.05, 0.1) is 24.4 Å². The minimum atomic E-state index is -3.78. The number of alkyl halides is 2. The number of aryl methyl sites for hydroxylation is 1. The molecule has 2 aromatic carbocycles. The zero-order chi connectivity index (χ0) is 24.2. The van der Waals surface area contributed by atoms with Crippen LogP contribution >= 0.6 is 23.1 Å². The quantitative estimate of drug-likeness (QED) is 0.441. The van der Waals surface area contributed by atoms with E-state index in [2.05, 4.69) is 4.98 Å². The number of thioether (sulfide) groups is 1. The van der Waals surface area contributed by atoms with Crippen molar-refractivity contribution in [3.63, 3.8) is 0 Å². The number of nitriles is 1. The van der Waals surface area contributed by atoms with Crippen LogP contribution in [0.15, 0.2) is 53.4 Å². The smallest absolute Gasteiger partial charge is 0.288 e. The van der Waals surface area contributed by atoms with Crippen LogP contribution in [0.4, 0.5) is 19.6 Å². The topological polar surface area (TPSA) is 103 Å². The number of benzene rings is 2. The van der Waals surface area contributed by atoms with E-state index in [1.165, 1.54) is 0 Å². The molecule has 33 heavy (non-hydrogen) atoms. The molecule has 0 unspecified atom stereocenters. The Balaban J connectivity index is 2.05. The van der Waals surface area contributed by atoms with E-state index < -0.39 is 21.7 Å². The molecular weight excluding hydrogens is 490 g/mol. The number of hydrogen-bond donors (Lipinski definition) is 1. The van der Waals surface area contributed by atoms with Gasteiger partial charge in [0.25, 0.3) is 11.7 Å². The van der Waals surface area contributed by atoms with Gasteiger partial charge in [0.2, 0.25) is 10.0 Å². The predicted octanol–water partition coefficient (Wildman–Crippen LogP) is 4.67. The van der Waals surface area contributed by atoms with Gasteiger partial charge in [0.1, 0.15) is 5.69 Å². The summed E-state index contributed by atoms with van der Waals surface area (Å²) in [5.74, 6) is -3.45. The molecule has 1 heterocycles. The molecule has 0 aliphatic rings. The number of carbonyl (C=O) groups is 1. The summed E-state index contributed by atoms with van der Waals surface area (Å²) in [6, 6.07) is 15.4. The van der Waals surface area contributed by atoms with Crippen molar-refractivity contribution < 1.29 is 22.0 Å². The summed E-state index contributed by atoms with van der Waals surface area (Å²) < 4.78 is 50.9. The molecule has 0 aliphatic carbocycles. The zero-order valence-corrected chi connectivity index (χ0v) is 19.9. The molecule has 0 bridgehead atoms. The molecule has 0 atom stereocenters. The molecule has 172 valence electrons. The van der Waals surface area contributed by atoms with Crippen LogP contribution in [0.3, 0.4) is 0 Å². The van der Waals surface area contributed by atoms with Crippen molar-refractivity contribution in [3.05, 3.63) is 70.2 Å². The molecule has 0 fully saturated rings. The summed E-state index contributed by atoms with van der Waals surface area (Å²) in [6.07, 6.45) is 0.869. The van der Waals surface area contributed by atoms with E-state index in [1.54, 1.807) is 60.4 Å². The predicted molar refractivity (Wildman–Crippen MR) is 124 cm³/mol. The maximum absolute atomic E-state index is 13.1. The summed E-state index contributed by atoms with van der Waals surface area (Å²) in [5.41, 5.74) is 1.63. The summed E-state index contributed by atoms with van der Waals surface area (Å²) in [4.78, 5) is 19.3. The summed E-state index contributed by atoms with van der Waals surface area (Å²) in [7, 11) is -3.78. The van der Waals surface area contributed by atoms with Gasteiger partial charge in [-0.2, -0.15) is 14.0 Å². The van der Waals surface area contributed by atoms with E-state index in [4.69, 9.17) is 5.26 Å². The minimum Gasteiger partial charge on any atom is -0.313 e. The molecule has 3 rings (SSSR count). The van der Waals surface area contributed by atoms with Gasteiger partial charge in [-0.3, -0.25) is 4.79 Å². The molecule has 0 saturated carbocycles. The Hall–Kier alpha value is -3.01. The third-order valence-electron chi connectivity index (χ3n) is 4.33. The fourth-order valence-corrected chi connectivity index (χ4v) is 4.92. The molecule has 1 aromatic heterocycles. The summed E-state index contributed by atoms with van der Waals surface area (Å²) in [5, 5.41) is 9.46. The summed E-state index contributed by atoms with van der Waals surface area (Å²) >= 11 is 1.59. The van der Waals surface area contributed by atoms with Crippen molar-refractivity contribution in [2.45, 2.75) is 24.1 Å². The lowest BCUT2D eigenvalue weighted by Crippen LogP contribution is -2.30. The van der Waals surface area contributed by atoms with E-state index in [-0.39, 0.29) is 12.2 Å². The highest BCUT2D eigenvalue weighted by Crippen LogP contribution is 2.36. The first kappa shape index (κ1) is 24.6. The average molecular weight is 509 g/mol. The first-order valence-electron chi connectivity index (χ1n) is 9.37. The lowest BCUT2D eigenvalue weighted by atomic mass is 10.1. The normalized spacial score (nSPS) is 11.3. The van der Waals surface area contributed by atoms with Gasteiger partial charge < -0.3 is 4.90 Å². The van der Waals surface area contributed by atoms with E-state index in [9.17, 15) is 22.0 Å². The lowest BCUT2D eigenvalue weighted by Gasteiger charge is -2.23. The minimum absolute atomic E-state index is 0.0469. The van der Waals surface area contributed by atoms with Crippen molar-refractivity contribution in [3.8, 4) is 6.07 Å². The first-order valence-corrected chi connectivity index (χ1v) is 13.0. The maximum atomic E-state index is 13.1. The maximum Gasteiger partial charge on any atom is 0.288 e. The number of anilines is 2. The Morgan fingerprint density at radius 2 is 1.91 bits per heavy atom. The number of rotatable bonds is 8. The monoisotopic (exact) mass is 508 g/mol. The molecule has 1 N–H and O–H groups in total. The van der Waals surface area contributed by atoms with Crippen LogP contribution < -0.4 is 9.62 Å². The molecule has 0 spiro atoms. The van der Waals surface area contributed by atoms with Crippen LogP contribution in [0, 0.1) is 18.3 Å². The van der Waals surface area contributed by atoms with Gasteiger partial charge in [-0.25, -0.2) is 18.1 Å². The molecule has 3 aromatic rings. The standard InChI is InChI=1S/C21H18F2N4O3S3/c1-13-18(19(28)26-33(2,29)30)25-21(31-13)27(16-9-7-14(11-24)8-10-16)12-15-5-3-4-6-17(15)32-20(22)23/h3-10,20H,12H2,1-2H3,(H,26,28). The highest BCUT2D eigenvalue weighted by atomic mass is 32.2. The number of thiazole rings is 1. The SMILES string of the molecule is Cc1sc(N(Cc2ccccc2SC(F)F)c2ccc(C#N)cc2)nc1C(=O)NS(C)(=O)=O. The number of sulfonamides is 1. The molecular formula is C21H18F2N4O3S3. The van der Waals surface area contributed by atoms with Crippen LogP contribution in [-0.2, 0) is 16.6 Å². The van der Waals surface area contributed by atoms with Crippen LogP contribution in [0.2, 0.25) is 0 Å². The third-order valence-corrected chi connectivity index (χ3v) is 6.71. The van der Waals surface area contributed by atoms with E-state index in [0.717, 1.165) is 17.6 Å². The second kappa shape index (κ2) is 10.3. The first-order chi connectivity index (χ1) is 15.6. The van der Waals surface area contributed by atoms with Gasteiger partial charge >= 0.3 is 0 Å². The number of amides is 1. The van der Waals surface area contributed by atoms with Crippen molar-refractivity contribution in [2.75, 3.05) is 11.2 Å². The lowest BCUT2D eigenvalue weighted by molar-refractivity contribution is 0.0977. The van der Waals surface area contributed by atoms with Gasteiger partial charge in [0, 0.05) is 15.5 Å². The largest absolute Gasteiger partial charge is 0.313 e.